The fourth-order valence-corrected chi connectivity index (χ4v) is 4.58. The number of furan rings is 1. The van der Waals surface area contributed by atoms with Gasteiger partial charge >= 0.3 is 0 Å². The van der Waals surface area contributed by atoms with E-state index in [2.05, 4.69) is 16.3 Å². The fourth-order valence-electron chi connectivity index (χ4n) is 2.52. The second-order valence-corrected chi connectivity index (χ2v) is 7.88. The molecule has 2 unspecified atom stereocenters. The van der Waals surface area contributed by atoms with E-state index < -0.39 is 10.0 Å². The van der Waals surface area contributed by atoms with Gasteiger partial charge in [0.2, 0.25) is 5.09 Å². The van der Waals surface area contributed by atoms with Crippen LogP contribution in [0.3, 0.4) is 0 Å². The molecule has 2 atom stereocenters. The topological polar surface area (TPSA) is 71.3 Å². The molecule has 1 aliphatic rings. The van der Waals surface area contributed by atoms with Gasteiger partial charge in [-0.2, -0.15) is 11.8 Å². The summed E-state index contributed by atoms with van der Waals surface area (Å²) in [5, 5.41) is 3.49. The maximum atomic E-state index is 12.3. The summed E-state index contributed by atoms with van der Waals surface area (Å²) in [7, 11) is -1.75. The fraction of sp³-hybridized carbons (Fsp3) is 0.692. The van der Waals surface area contributed by atoms with Crippen LogP contribution in [0.25, 0.3) is 0 Å². The van der Waals surface area contributed by atoms with Crippen molar-refractivity contribution in [3.63, 3.8) is 0 Å². The monoisotopic (exact) mass is 318 g/mol. The van der Waals surface area contributed by atoms with Crippen LogP contribution >= 0.6 is 11.8 Å². The lowest BCUT2D eigenvalue weighted by atomic mass is 9.96. The van der Waals surface area contributed by atoms with Gasteiger partial charge in [-0.25, -0.2) is 13.1 Å². The van der Waals surface area contributed by atoms with E-state index in [4.69, 9.17) is 4.42 Å². The van der Waals surface area contributed by atoms with Gasteiger partial charge in [-0.3, -0.25) is 0 Å². The Bertz CT molecular complexity index is 527. The summed E-state index contributed by atoms with van der Waals surface area (Å²) in [6.07, 6.45) is 6.12. The minimum Gasteiger partial charge on any atom is -0.447 e. The summed E-state index contributed by atoms with van der Waals surface area (Å²) >= 11 is 1.82. The van der Waals surface area contributed by atoms with E-state index in [1.54, 1.807) is 13.1 Å². The molecule has 1 aromatic heterocycles. The van der Waals surface area contributed by atoms with Crippen LogP contribution in [0.4, 0.5) is 0 Å². The second-order valence-electron chi connectivity index (χ2n) is 5.09. The molecule has 1 fully saturated rings. The molecule has 0 bridgehead atoms. The quantitative estimate of drug-likeness (QED) is 0.839. The number of hydrogen-bond acceptors (Lipinski definition) is 5. The van der Waals surface area contributed by atoms with Crippen molar-refractivity contribution in [1.29, 1.82) is 0 Å². The molecule has 114 valence electrons. The number of nitrogens with one attached hydrogen (secondary N) is 2. The second kappa shape index (κ2) is 6.98. The average Bonchev–Trinajstić information content (AvgIpc) is 2.88. The minimum atomic E-state index is -3.54. The lowest BCUT2D eigenvalue weighted by Crippen LogP contribution is -2.38. The van der Waals surface area contributed by atoms with Crippen molar-refractivity contribution in [3.8, 4) is 0 Å². The molecule has 0 aromatic carbocycles. The lowest BCUT2D eigenvalue weighted by molar-refractivity contribution is 0.388. The van der Waals surface area contributed by atoms with Crippen molar-refractivity contribution in [2.75, 3.05) is 13.3 Å². The van der Waals surface area contributed by atoms with Crippen molar-refractivity contribution in [2.45, 2.75) is 48.6 Å². The highest BCUT2D eigenvalue weighted by Gasteiger charge is 2.27. The molecule has 0 amide bonds. The third-order valence-electron chi connectivity index (χ3n) is 3.53. The average molecular weight is 318 g/mol. The molecular formula is C13H22N2O3S2. The van der Waals surface area contributed by atoms with E-state index in [9.17, 15) is 8.42 Å². The number of rotatable bonds is 6. The van der Waals surface area contributed by atoms with Gasteiger partial charge in [-0.15, -0.1) is 0 Å². The Morgan fingerprint density at radius 2 is 2.20 bits per heavy atom. The zero-order valence-electron chi connectivity index (χ0n) is 11.9. The van der Waals surface area contributed by atoms with Gasteiger partial charge in [0.25, 0.3) is 10.0 Å². The van der Waals surface area contributed by atoms with Gasteiger partial charge in [0.05, 0.1) is 6.54 Å². The van der Waals surface area contributed by atoms with Gasteiger partial charge in [-0.1, -0.05) is 6.42 Å². The summed E-state index contributed by atoms with van der Waals surface area (Å²) in [5.74, 6) is 0.624. The van der Waals surface area contributed by atoms with E-state index >= 15 is 0 Å². The van der Waals surface area contributed by atoms with Crippen LogP contribution in [0.5, 0.6) is 0 Å². The molecule has 1 aromatic rings. The Labute approximate surface area is 124 Å². The molecular weight excluding hydrogens is 296 g/mol. The highest BCUT2D eigenvalue weighted by Crippen LogP contribution is 2.28. The maximum Gasteiger partial charge on any atom is 0.274 e. The highest BCUT2D eigenvalue weighted by molar-refractivity contribution is 7.99. The first-order valence-corrected chi connectivity index (χ1v) is 9.60. The predicted molar refractivity (Wildman–Crippen MR) is 81.4 cm³/mol. The summed E-state index contributed by atoms with van der Waals surface area (Å²) in [6, 6.07) is 3.23. The van der Waals surface area contributed by atoms with Crippen LogP contribution in [0.2, 0.25) is 0 Å². The zero-order chi connectivity index (χ0) is 14.6. The molecule has 20 heavy (non-hydrogen) atoms. The normalized spacial score (nSPS) is 23.9. The van der Waals surface area contributed by atoms with Gasteiger partial charge in [0.15, 0.2) is 0 Å². The Morgan fingerprint density at radius 3 is 2.90 bits per heavy atom. The van der Waals surface area contributed by atoms with E-state index in [1.807, 2.05) is 11.8 Å². The maximum absolute atomic E-state index is 12.3. The zero-order valence-corrected chi connectivity index (χ0v) is 13.5. The SMILES string of the molecule is CNCc1ccc(S(=O)(=O)NC2CCCC(SC)C2)o1. The van der Waals surface area contributed by atoms with Crippen LogP contribution in [-0.2, 0) is 16.6 Å². The molecule has 2 rings (SSSR count). The third kappa shape index (κ3) is 4.00. The van der Waals surface area contributed by atoms with Gasteiger partial charge in [0.1, 0.15) is 5.76 Å². The van der Waals surface area contributed by atoms with Crippen LogP contribution in [0.15, 0.2) is 21.6 Å². The van der Waals surface area contributed by atoms with Gasteiger partial charge in [-0.05, 0) is 44.7 Å². The molecule has 0 saturated heterocycles. The molecule has 0 aliphatic heterocycles. The largest absolute Gasteiger partial charge is 0.447 e. The van der Waals surface area contributed by atoms with Crippen LogP contribution in [-0.4, -0.2) is 33.0 Å². The molecule has 1 aliphatic carbocycles. The standard InChI is InChI=1S/C13H22N2O3S2/c1-14-9-11-6-7-13(18-11)20(16,17)15-10-4-3-5-12(8-10)19-2/h6-7,10,12,14-15H,3-5,8-9H2,1-2H3. The van der Waals surface area contributed by atoms with Crippen molar-refractivity contribution in [1.82, 2.24) is 10.0 Å². The summed E-state index contributed by atoms with van der Waals surface area (Å²) in [5.41, 5.74) is 0. The molecule has 0 spiro atoms. The van der Waals surface area contributed by atoms with Crippen molar-refractivity contribution in [3.05, 3.63) is 17.9 Å². The van der Waals surface area contributed by atoms with E-state index in [-0.39, 0.29) is 11.1 Å². The number of sulfonamides is 1. The van der Waals surface area contributed by atoms with Crippen LogP contribution in [0, 0.1) is 0 Å². The molecule has 7 heteroatoms. The van der Waals surface area contributed by atoms with E-state index in [0.717, 1.165) is 19.3 Å². The minimum absolute atomic E-state index is 0.00836. The summed E-state index contributed by atoms with van der Waals surface area (Å²) in [6.45, 7) is 0.521. The Balaban J connectivity index is 2.02. The molecule has 2 N–H and O–H groups in total. The van der Waals surface area contributed by atoms with Crippen LogP contribution in [0.1, 0.15) is 31.4 Å². The number of hydrogen-bond donors (Lipinski definition) is 2. The van der Waals surface area contributed by atoms with Crippen molar-refractivity contribution >= 4 is 21.8 Å². The third-order valence-corrected chi connectivity index (χ3v) is 6.02. The smallest absolute Gasteiger partial charge is 0.274 e. The highest BCUT2D eigenvalue weighted by atomic mass is 32.2. The van der Waals surface area contributed by atoms with E-state index in [0.29, 0.717) is 17.6 Å². The molecule has 0 radical (unpaired) electrons. The lowest BCUT2D eigenvalue weighted by Gasteiger charge is -2.28. The first-order chi connectivity index (χ1) is 9.55. The Kier molecular flexibility index (Phi) is 5.54. The first-order valence-electron chi connectivity index (χ1n) is 6.83. The Hall–Kier alpha value is -0.500. The van der Waals surface area contributed by atoms with Crippen molar-refractivity contribution < 1.29 is 12.8 Å². The first kappa shape index (κ1) is 15.9. The van der Waals surface area contributed by atoms with Crippen LogP contribution < -0.4 is 10.0 Å². The summed E-state index contributed by atoms with van der Waals surface area (Å²) < 4.78 is 32.7. The Morgan fingerprint density at radius 1 is 1.40 bits per heavy atom. The molecule has 5 nitrogen and oxygen atoms in total. The number of thioether (sulfide) groups is 1. The van der Waals surface area contributed by atoms with Gasteiger partial charge in [0, 0.05) is 11.3 Å². The van der Waals surface area contributed by atoms with E-state index in [1.165, 1.54) is 12.5 Å². The molecule has 1 heterocycles. The summed E-state index contributed by atoms with van der Waals surface area (Å²) in [4.78, 5) is 0. The van der Waals surface area contributed by atoms with Crippen molar-refractivity contribution in [2.24, 2.45) is 0 Å². The van der Waals surface area contributed by atoms with Gasteiger partial charge < -0.3 is 9.73 Å². The predicted octanol–water partition coefficient (Wildman–Crippen LogP) is 1.95. The molecule has 1 saturated carbocycles.